The van der Waals surface area contributed by atoms with Crippen LogP contribution in [0.3, 0.4) is 0 Å². The molecule has 1 aliphatic carbocycles. The lowest BCUT2D eigenvalue weighted by Gasteiger charge is -2.04. The Kier molecular flexibility index (Phi) is 2.12. The molecule has 0 spiro atoms. The third kappa shape index (κ3) is 1.19. The second-order valence-electron chi connectivity index (χ2n) is 3.58. The lowest BCUT2D eigenvalue weighted by molar-refractivity contribution is 0.568. The summed E-state index contributed by atoms with van der Waals surface area (Å²) in [6.07, 6.45) is 1.28. The average molecular weight is 175 g/mol. The maximum atomic E-state index is 2.45. The van der Waals surface area contributed by atoms with Crippen LogP contribution < -0.4 is 0 Å². The van der Waals surface area contributed by atoms with Crippen molar-refractivity contribution in [1.82, 2.24) is 4.90 Å². The van der Waals surface area contributed by atoms with Gasteiger partial charge in [-0.1, -0.05) is 38.1 Å². The fourth-order valence-corrected chi connectivity index (χ4v) is 2.32. The number of benzene rings is 1. The van der Waals surface area contributed by atoms with Gasteiger partial charge in [0.1, 0.15) is 0 Å². The zero-order valence-electron chi connectivity index (χ0n) is 8.62. The lowest BCUT2D eigenvalue weighted by Crippen LogP contribution is -2.00. The molecule has 0 aromatic heterocycles. The van der Waals surface area contributed by atoms with Gasteiger partial charge in [0.05, 0.1) is 6.04 Å². The molecule has 1 heteroatoms. The van der Waals surface area contributed by atoms with Gasteiger partial charge in [0.15, 0.2) is 0 Å². The van der Waals surface area contributed by atoms with Crippen LogP contribution in [-0.2, 0) is 6.42 Å². The van der Waals surface area contributed by atoms with E-state index in [2.05, 4.69) is 36.2 Å². The summed E-state index contributed by atoms with van der Waals surface area (Å²) in [4.78, 5) is 2.45. The van der Waals surface area contributed by atoms with Crippen molar-refractivity contribution >= 4 is 0 Å². The molecule has 3 unspecified atom stereocenters. The van der Waals surface area contributed by atoms with E-state index in [1.165, 1.54) is 6.42 Å². The Hall–Kier alpha value is -0.820. The van der Waals surface area contributed by atoms with Gasteiger partial charge < -0.3 is 0 Å². The number of hydrogen-bond donors (Lipinski definition) is 0. The van der Waals surface area contributed by atoms with E-state index in [9.17, 15) is 0 Å². The minimum absolute atomic E-state index is 0.770. The Morgan fingerprint density at radius 1 is 1.23 bits per heavy atom. The van der Waals surface area contributed by atoms with E-state index in [0.29, 0.717) is 0 Å². The van der Waals surface area contributed by atoms with Gasteiger partial charge in [-0.2, -0.15) is 0 Å². The molecular formula is C12H17N. The SMILES string of the molecule is CC.CN1C2Cc3ccccc3C21. The number of nitrogens with zero attached hydrogens (tertiary/aromatic N) is 1. The second-order valence-corrected chi connectivity index (χ2v) is 3.58. The molecule has 1 fully saturated rings. The van der Waals surface area contributed by atoms with Crippen LogP contribution in [0.4, 0.5) is 0 Å². The van der Waals surface area contributed by atoms with E-state index < -0.39 is 0 Å². The van der Waals surface area contributed by atoms with E-state index in [0.717, 1.165) is 12.1 Å². The van der Waals surface area contributed by atoms with E-state index in [-0.39, 0.29) is 0 Å². The Bertz CT molecular complexity index is 306. The van der Waals surface area contributed by atoms with Crippen LogP contribution in [0.2, 0.25) is 0 Å². The van der Waals surface area contributed by atoms with Gasteiger partial charge in [-0.15, -0.1) is 0 Å². The molecule has 0 bridgehead atoms. The second kappa shape index (κ2) is 3.15. The highest BCUT2D eigenvalue weighted by Gasteiger charge is 2.50. The fraction of sp³-hybridized carbons (Fsp3) is 0.500. The molecule has 1 nitrogen and oxygen atoms in total. The van der Waals surface area contributed by atoms with Gasteiger partial charge in [0.25, 0.3) is 0 Å². The minimum atomic E-state index is 0.770. The van der Waals surface area contributed by atoms with Gasteiger partial charge in [-0.05, 0) is 24.6 Å². The van der Waals surface area contributed by atoms with E-state index in [1.807, 2.05) is 13.8 Å². The van der Waals surface area contributed by atoms with Crippen LogP contribution >= 0.6 is 0 Å². The van der Waals surface area contributed by atoms with Crippen LogP contribution in [0.15, 0.2) is 24.3 Å². The van der Waals surface area contributed by atoms with Crippen molar-refractivity contribution in [2.75, 3.05) is 7.05 Å². The van der Waals surface area contributed by atoms with Crippen molar-refractivity contribution in [2.24, 2.45) is 0 Å². The van der Waals surface area contributed by atoms with Gasteiger partial charge in [-0.25, -0.2) is 0 Å². The molecule has 0 N–H and O–H groups in total. The summed E-state index contributed by atoms with van der Waals surface area (Å²) in [6.45, 7) is 4.00. The van der Waals surface area contributed by atoms with Crippen molar-refractivity contribution in [3.63, 3.8) is 0 Å². The zero-order chi connectivity index (χ0) is 9.42. The van der Waals surface area contributed by atoms with E-state index in [4.69, 9.17) is 0 Å². The first kappa shape index (κ1) is 8.76. The summed E-state index contributed by atoms with van der Waals surface area (Å²) in [7, 11) is 2.21. The molecule has 1 aromatic carbocycles. The molecule has 13 heavy (non-hydrogen) atoms. The molecule has 1 aromatic rings. The van der Waals surface area contributed by atoms with E-state index >= 15 is 0 Å². The number of hydrogen-bond acceptors (Lipinski definition) is 1. The van der Waals surface area contributed by atoms with Crippen LogP contribution in [0.1, 0.15) is 31.0 Å². The molecule has 0 amide bonds. The smallest absolute Gasteiger partial charge is 0.0510 e. The Balaban J connectivity index is 0.000000308. The summed E-state index contributed by atoms with van der Waals surface area (Å²) in [5.74, 6) is 0. The highest BCUT2D eigenvalue weighted by molar-refractivity contribution is 5.42. The Morgan fingerprint density at radius 2 is 1.92 bits per heavy atom. The third-order valence-corrected chi connectivity index (χ3v) is 3.04. The summed E-state index contributed by atoms with van der Waals surface area (Å²) in [6, 6.07) is 10.4. The maximum Gasteiger partial charge on any atom is 0.0510 e. The standard InChI is InChI=1S/C10H11N.C2H6/c1-11-9-6-7-4-2-3-5-8(7)10(9)11;1-2/h2-5,9-10H,6H2,1H3;1-2H3. The molecule has 2 aliphatic rings. The fourth-order valence-electron chi connectivity index (χ4n) is 2.32. The van der Waals surface area contributed by atoms with Crippen molar-refractivity contribution < 1.29 is 0 Å². The lowest BCUT2D eigenvalue weighted by atomic mass is 10.1. The summed E-state index contributed by atoms with van der Waals surface area (Å²) < 4.78 is 0. The molecule has 0 radical (unpaired) electrons. The van der Waals surface area contributed by atoms with Gasteiger partial charge >= 0.3 is 0 Å². The predicted octanol–water partition coefficient (Wildman–Crippen LogP) is 2.62. The van der Waals surface area contributed by atoms with Crippen LogP contribution in [0.5, 0.6) is 0 Å². The first-order valence-electron chi connectivity index (χ1n) is 5.17. The van der Waals surface area contributed by atoms with Gasteiger partial charge in [0.2, 0.25) is 0 Å². The van der Waals surface area contributed by atoms with Gasteiger partial charge in [-0.3, -0.25) is 4.90 Å². The van der Waals surface area contributed by atoms with Crippen LogP contribution in [0.25, 0.3) is 0 Å². The molecular weight excluding hydrogens is 158 g/mol. The molecule has 3 rings (SSSR count). The maximum absolute atomic E-state index is 2.45. The van der Waals surface area contributed by atoms with Crippen molar-refractivity contribution in [3.8, 4) is 0 Å². The quantitative estimate of drug-likeness (QED) is 0.548. The minimum Gasteiger partial charge on any atom is -0.293 e. The van der Waals surface area contributed by atoms with Crippen LogP contribution in [-0.4, -0.2) is 18.0 Å². The summed E-state index contributed by atoms with van der Waals surface area (Å²) >= 11 is 0. The Morgan fingerprint density at radius 3 is 2.69 bits per heavy atom. The number of likely N-dealkylation sites (N-methyl/N-ethyl adjacent to an activating group) is 1. The normalized spacial score (nSPS) is 32.7. The van der Waals surface area contributed by atoms with E-state index in [1.54, 1.807) is 11.1 Å². The predicted molar refractivity (Wildman–Crippen MR) is 55.8 cm³/mol. The number of rotatable bonds is 0. The average Bonchev–Trinajstić information content (AvgIpc) is 2.66. The highest BCUT2D eigenvalue weighted by Crippen LogP contribution is 2.50. The highest BCUT2D eigenvalue weighted by atomic mass is 15.3. The molecule has 70 valence electrons. The van der Waals surface area contributed by atoms with Crippen molar-refractivity contribution in [1.29, 1.82) is 0 Å². The van der Waals surface area contributed by atoms with Crippen molar-refractivity contribution in [3.05, 3.63) is 35.4 Å². The Labute approximate surface area is 80.4 Å². The topological polar surface area (TPSA) is 3.01 Å². The molecule has 1 saturated heterocycles. The monoisotopic (exact) mass is 175 g/mol. The molecule has 1 aliphatic heterocycles. The molecule has 3 atom stereocenters. The summed E-state index contributed by atoms with van der Waals surface area (Å²) in [5, 5.41) is 0. The first-order valence-corrected chi connectivity index (χ1v) is 5.17. The first-order chi connectivity index (χ1) is 6.38. The molecule has 0 saturated carbocycles. The van der Waals surface area contributed by atoms with Crippen molar-refractivity contribution in [2.45, 2.75) is 32.4 Å². The zero-order valence-corrected chi connectivity index (χ0v) is 8.62. The largest absolute Gasteiger partial charge is 0.293 e. The number of fused-ring (bicyclic) bond motifs is 3. The molecule has 1 heterocycles. The third-order valence-electron chi connectivity index (χ3n) is 3.04. The van der Waals surface area contributed by atoms with Gasteiger partial charge in [0, 0.05) is 6.04 Å². The summed E-state index contributed by atoms with van der Waals surface area (Å²) in [5.41, 5.74) is 3.14. The van der Waals surface area contributed by atoms with Crippen LogP contribution in [0, 0.1) is 0 Å².